The minimum absolute atomic E-state index is 0.157. The lowest BCUT2D eigenvalue weighted by atomic mass is 10.1. The van der Waals surface area contributed by atoms with Crippen LogP contribution in [0.1, 0.15) is 34.8 Å². The van der Waals surface area contributed by atoms with Crippen LogP contribution in [0.25, 0.3) is 0 Å². The SMILES string of the molecule is CC(=O)c1cccc(NC(=O)[C@@H](C)OC(=O)c2ccc([N+](=O)[O-])o2)c1. The van der Waals surface area contributed by atoms with Gasteiger partial charge >= 0.3 is 11.9 Å². The van der Waals surface area contributed by atoms with Crippen LogP contribution in [-0.4, -0.2) is 28.7 Å². The summed E-state index contributed by atoms with van der Waals surface area (Å²) >= 11 is 0. The number of hydrogen-bond acceptors (Lipinski definition) is 7. The number of furan rings is 1. The minimum Gasteiger partial charge on any atom is -0.447 e. The number of nitrogens with zero attached hydrogens (tertiary/aromatic N) is 1. The van der Waals surface area contributed by atoms with Crippen LogP contribution in [0.5, 0.6) is 0 Å². The fourth-order valence-electron chi connectivity index (χ4n) is 1.87. The molecule has 0 saturated heterocycles. The Kier molecular flexibility index (Phi) is 5.28. The molecular formula is C16H14N2O7. The maximum absolute atomic E-state index is 12.1. The van der Waals surface area contributed by atoms with Crippen LogP contribution in [0.4, 0.5) is 11.6 Å². The number of carbonyl (C=O) groups is 3. The molecule has 1 atom stereocenters. The maximum Gasteiger partial charge on any atom is 0.433 e. The molecule has 9 nitrogen and oxygen atoms in total. The number of rotatable bonds is 6. The van der Waals surface area contributed by atoms with E-state index in [1.807, 2.05) is 0 Å². The zero-order valence-electron chi connectivity index (χ0n) is 13.3. The topological polar surface area (TPSA) is 129 Å². The molecule has 1 N–H and O–H groups in total. The van der Waals surface area contributed by atoms with Gasteiger partial charge in [0, 0.05) is 11.3 Å². The quantitative estimate of drug-likeness (QED) is 0.368. The van der Waals surface area contributed by atoms with Crippen molar-refractivity contribution in [2.24, 2.45) is 0 Å². The Morgan fingerprint density at radius 1 is 1.24 bits per heavy atom. The number of ether oxygens (including phenoxy) is 1. The van der Waals surface area contributed by atoms with E-state index in [2.05, 4.69) is 5.32 Å². The van der Waals surface area contributed by atoms with Gasteiger partial charge in [-0.15, -0.1) is 0 Å². The number of esters is 1. The molecule has 1 aromatic heterocycles. The molecule has 0 radical (unpaired) electrons. The summed E-state index contributed by atoms with van der Waals surface area (Å²) in [4.78, 5) is 44.9. The van der Waals surface area contributed by atoms with Crippen LogP contribution >= 0.6 is 0 Å². The smallest absolute Gasteiger partial charge is 0.433 e. The predicted octanol–water partition coefficient (Wildman–Crippen LogP) is 2.57. The van der Waals surface area contributed by atoms with Crippen molar-refractivity contribution in [2.45, 2.75) is 20.0 Å². The molecule has 130 valence electrons. The highest BCUT2D eigenvalue weighted by atomic mass is 16.7. The van der Waals surface area contributed by atoms with E-state index in [0.29, 0.717) is 11.3 Å². The van der Waals surface area contributed by atoms with Gasteiger partial charge in [-0.2, -0.15) is 0 Å². The number of Topliss-reactive ketones (excluding diaryl/α,β-unsaturated/α-hetero) is 1. The van der Waals surface area contributed by atoms with E-state index in [4.69, 9.17) is 9.15 Å². The first kappa shape index (κ1) is 17.9. The van der Waals surface area contributed by atoms with E-state index in [-0.39, 0.29) is 11.5 Å². The van der Waals surface area contributed by atoms with Crippen LogP contribution in [-0.2, 0) is 9.53 Å². The average molecular weight is 346 g/mol. The fourth-order valence-corrected chi connectivity index (χ4v) is 1.87. The second-order valence-electron chi connectivity index (χ2n) is 5.07. The molecule has 0 bridgehead atoms. The average Bonchev–Trinajstić information content (AvgIpc) is 3.05. The molecule has 0 saturated carbocycles. The Bertz CT molecular complexity index is 841. The van der Waals surface area contributed by atoms with E-state index >= 15 is 0 Å². The van der Waals surface area contributed by atoms with Crippen LogP contribution in [0.2, 0.25) is 0 Å². The van der Waals surface area contributed by atoms with Crippen molar-refractivity contribution in [3.05, 3.63) is 57.8 Å². The zero-order chi connectivity index (χ0) is 18.6. The van der Waals surface area contributed by atoms with Gasteiger partial charge in [0.05, 0.1) is 6.07 Å². The Hall–Kier alpha value is -3.49. The third kappa shape index (κ3) is 4.50. The van der Waals surface area contributed by atoms with Gasteiger partial charge < -0.3 is 14.5 Å². The number of hydrogen-bond donors (Lipinski definition) is 1. The van der Waals surface area contributed by atoms with Crippen molar-refractivity contribution in [1.82, 2.24) is 0 Å². The van der Waals surface area contributed by atoms with E-state index in [1.165, 1.54) is 19.9 Å². The molecule has 9 heteroatoms. The highest BCUT2D eigenvalue weighted by Gasteiger charge is 2.23. The van der Waals surface area contributed by atoms with E-state index < -0.39 is 28.8 Å². The highest BCUT2D eigenvalue weighted by molar-refractivity contribution is 5.99. The summed E-state index contributed by atoms with van der Waals surface area (Å²) in [5.74, 6) is -2.78. The molecule has 0 fully saturated rings. The molecular weight excluding hydrogens is 332 g/mol. The zero-order valence-corrected chi connectivity index (χ0v) is 13.3. The Morgan fingerprint density at radius 2 is 1.96 bits per heavy atom. The van der Waals surface area contributed by atoms with Crippen molar-refractivity contribution < 1.29 is 28.5 Å². The Labute approximate surface area is 141 Å². The normalized spacial score (nSPS) is 11.4. The van der Waals surface area contributed by atoms with E-state index in [9.17, 15) is 24.5 Å². The van der Waals surface area contributed by atoms with Crippen LogP contribution < -0.4 is 5.32 Å². The molecule has 0 aliphatic carbocycles. The first-order valence-corrected chi connectivity index (χ1v) is 7.15. The van der Waals surface area contributed by atoms with Gasteiger partial charge in [0.1, 0.15) is 4.92 Å². The second-order valence-corrected chi connectivity index (χ2v) is 5.07. The molecule has 2 rings (SSSR count). The Balaban J connectivity index is 1.99. The molecule has 0 aliphatic rings. The standard InChI is InChI=1S/C16H14N2O7/c1-9(19)11-4-3-5-12(8-11)17-15(20)10(2)24-16(21)13-6-7-14(25-13)18(22)23/h3-8,10H,1-2H3,(H,17,20)/t10-/m1/s1. The third-order valence-electron chi connectivity index (χ3n) is 3.16. The number of carbonyl (C=O) groups excluding carboxylic acids is 3. The number of anilines is 1. The molecule has 0 spiro atoms. The third-order valence-corrected chi connectivity index (χ3v) is 3.16. The van der Waals surface area contributed by atoms with Crippen molar-refractivity contribution in [2.75, 3.05) is 5.32 Å². The second kappa shape index (κ2) is 7.39. The van der Waals surface area contributed by atoms with Gasteiger partial charge in [0.25, 0.3) is 5.91 Å². The fraction of sp³-hybridized carbons (Fsp3) is 0.188. The Morgan fingerprint density at radius 3 is 2.56 bits per heavy atom. The number of ketones is 1. The summed E-state index contributed by atoms with van der Waals surface area (Å²) < 4.78 is 9.61. The van der Waals surface area contributed by atoms with Crippen molar-refractivity contribution >= 4 is 29.2 Å². The molecule has 1 aromatic carbocycles. The lowest BCUT2D eigenvalue weighted by molar-refractivity contribution is -0.402. The van der Waals surface area contributed by atoms with Gasteiger partial charge in [-0.05, 0) is 32.0 Å². The molecule has 25 heavy (non-hydrogen) atoms. The first-order valence-electron chi connectivity index (χ1n) is 7.15. The summed E-state index contributed by atoms with van der Waals surface area (Å²) in [6.45, 7) is 2.73. The van der Waals surface area contributed by atoms with Gasteiger partial charge in [0.2, 0.25) is 5.76 Å². The van der Waals surface area contributed by atoms with E-state index in [0.717, 1.165) is 12.1 Å². The summed E-state index contributed by atoms with van der Waals surface area (Å²) in [6, 6.07) is 8.37. The van der Waals surface area contributed by atoms with Crippen LogP contribution in [0, 0.1) is 10.1 Å². The largest absolute Gasteiger partial charge is 0.447 e. The van der Waals surface area contributed by atoms with Crippen molar-refractivity contribution in [3.8, 4) is 0 Å². The highest BCUT2D eigenvalue weighted by Crippen LogP contribution is 2.17. The summed E-state index contributed by atoms with van der Waals surface area (Å²) in [7, 11) is 0. The first-order chi connectivity index (χ1) is 11.8. The van der Waals surface area contributed by atoms with E-state index in [1.54, 1.807) is 18.2 Å². The number of nitro groups is 1. The predicted molar refractivity (Wildman–Crippen MR) is 85.3 cm³/mol. The van der Waals surface area contributed by atoms with Gasteiger partial charge in [-0.1, -0.05) is 12.1 Å². The summed E-state index contributed by atoms with van der Waals surface area (Å²) in [6.07, 6.45) is -1.18. The molecule has 0 aliphatic heterocycles. The molecule has 1 heterocycles. The van der Waals surface area contributed by atoms with Crippen molar-refractivity contribution in [1.29, 1.82) is 0 Å². The van der Waals surface area contributed by atoms with Crippen molar-refractivity contribution in [3.63, 3.8) is 0 Å². The van der Waals surface area contributed by atoms with Crippen LogP contribution in [0.3, 0.4) is 0 Å². The summed E-state index contributed by atoms with van der Waals surface area (Å²) in [5.41, 5.74) is 0.791. The molecule has 2 aromatic rings. The lowest BCUT2D eigenvalue weighted by Gasteiger charge is -2.13. The maximum atomic E-state index is 12.1. The lowest BCUT2D eigenvalue weighted by Crippen LogP contribution is -2.29. The van der Waals surface area contributed by atoms with Gasteiger partial charge in [-0.3, -0.25) is 19.7 Å². The number of benzene rings is 1. The van der Waals surface area contributed by atoms with Crippen LogP contribution in [0.15, 0.2) is 40.8 Å². The molecule has 0 unspecified atom stereocenters. The molecule has 1 amide bonds. The number of nitrogens with one attached hydrogen (secondary N) is 1. The number of amides is 1. The van der Waals surface area contributed by atoms with Gasteiger partial charge in [0.15, 0.2) is 11.9 Å². The minimum atomic E-state index is -1.18. The monoisotopic (exact) mass is 346 g/mol. The summed E-state index contributed by atoms with van der Waals surface area (Å²) in [5, 5.41) is 13.0. The van der Waals surface area contributed by atoms with Gasteiger partial charge in [-0.25, -0.2) is 4.79 Å².